The fraction of sp³-hybridized carbons (Fsp3) is 0. The Hall–Kier alpha value is -3.57. The summed E-state index contributed by atoms with van der Waals surface area (Å²) in [6.07, 6.45) is 0. The topological polar surface area (TPSA) is 18.1 Å². The molecular weight excluding hydrogens is 517 g/mol. The Morgan fingerprint density at radius 1 is 0.606 bits per heavy atom. The SMILES string of the molecule is Ic1ccc(-c2ccc3oc4ccccc4c3c2)c2c1c1ccccc1n2-c1ccccc1. The standard InChI is InChI=1S/C30H18INO/c31-25-16-15-21(19-14-17-28-24(18-19)22-10-5-7-13-27(22)33-28)30-29(25)23-11-4-6-12-26(23)32(30)20-8-2-1-3-9-20/h1-18H. The molecule has 33 heavy (non-hydrogen) atoms. The first-order chi connectivity index (χ1) is 16.3. The Morgan fingerprint density at radius 2 is 1.33 bits per heavy atom. The van der Waals surface area contributed by atoms with Crippen LogP contribution in [0.25, 0.3) is 60.6 Å². The van der Waals surface area contributed by atoms with Gasteiger partial charge < -0.3 is 8.98 Å². The molecule has 0 aliphatic heterocycles. The molecule has 7 aromatic rings. The maximum Gasteiger partial charge on any atom is 0.135 e. The molecule has 2 aromatic heterocycles. The zero-order valence-corrected chi connectivity index (χ0v) is 19.8. The van der Waals surface area contributed by atoms with E-state index in [-0.39, 0.29) is 0 Å². The Balaban J connectivity index is 1.63. The van der Waals surface area contributed by atoms with Gasteiger partial charge in [-0.3, -0.25) is 0 Å². The lowest BCUT2D eigenvalue weighted by molar-refractivity contribution is 0.669. The smallest absolute Gasteiger partial charge is 0.135 e. The summed E-state index contributed by atoms with van der Waals surface area (Å²) in [5.74, 6) is 0. The molecule has 0 saturated heterocycles. The third-order valence-corrected chi connectivity index (χ3v) is 7.37. The molecular formula is C30H18INO. The first kappa shape index (κ1) is 18.9. The highest BCUT2D eigenvalue weighted by Crippen LogP contribution is 2.41. The summed E-state index contributed by atoms with van der Waals surface area (Å²) in [5.41, 5.74) is 7.89. The van der Waals surface area contributed by atoms with Gasteiger partial charge in [0.15, 0.2) is 0 Å². The molecule has 0 spiro atoms. The average Bonchev–Trinajstić information content (AvgIpc) is 3.41. The van der Waals surface area contributed by atoms with Gasteiger partial charge >= 0.3 is 0 Å². The largest absolute Gasteiger partial charge is 0.456 e. The van der Waals surface area contributed by atoms with Crippen LogP contribution in [0.2, 0.25) is 0 Å². The molecule has 0 fully saturated rings. The minimum absolute atomic E-state index is 0.922. The number of fused-ring (bicyclic) bond motifs is 6. The molecule has 0 aliphatic carbocycles. The van der Waals surface area contributed by atoms with Crippen LogP contribution in [0.4, 0.5) is 0 Å². The number of hydrogen-bond donors (Lipinski definition) is 0. The summed E-state index contributed by atoms with van der Waals surface area (Å²) in [5, 5.41) is 4.87. The van der Waals surface area contributed by atoms with Gasteiger partial charge in [-0.25, -0.2) is 0 Å². The number of halogens is 1. The molecule has 2 heterocycles. The number of aromatic nitrogens is 1. The Morgan fingerprint density at radius 3 is 2.21 bits per heavy atom. The van der Waals surface area contributed by atoms with Crippen LogP contribution in [0.1, 0.15) is 0 Å². The van der Waals surface area contributed by atoms with Crippen LogP contribution in [-0.2, 0) is 0 Å². The quantitative estimate of drug-likeness (QED) is 0.202. The Bertz CT molecular complexity index is 1830. The third-order valence-electron chi connectivity index (χ3n) is 6.47. The van der Waals surface area contributed by atoms with E-state index in [0.717, 1.165) is 21.9 Å². The summed E-state index contributed by atoms with van der Waals surface area (Å²) in [4.78, 5) is 0. The predicted molar refractivity (Wildman–Crippen MR) is 146 cm³/mol. The van der Waals surface area contributed by atoms with Crippen molar-refractivity contribution in [2.75, 3.05) is 0 Å². The lowest BCUT2D eigenvalue weighted by Gasteiger charge is -2.12. The van der Waals surface area contributed by atoms with Crippen molar-refractivity contribution < 1.29 is 4.42 Å². The Kier molecular flexibility index (Phi) is 4.15. The fourth-order valence-electron chi connectivity index (χ4n) is 5.03. The fourth-order valence-corrected chi connectivity index (χ4v) is 5.75. The van der Waals surface area contributed by atoms with Crippen LogP contribution in [-0.4, -0.2) is 4.57 Å². The van der Waals surface area contributed by atoms with Crippen LogP contribution >= 0.6 is 22.6 Å². The molecule has 0 atom stereocenters. The number of hydrogen-bond acceptors (Lipinski definition) is 1. The molecule has 0 unspecified atom stereocenters. The molecule has 0 aliphatic rings. The van der Waals surface area contributed by atoms with E-state index in [4.69, 9.17) is 4.42 Å². The van der Waals surface area contributed by atoms with Crippen molar-refractivity contribution in [2.45, 2.75) is 0 Å². The van der Waals surface area contributed by atoms with Gasteiger partial charge in [-0.05, 0) is 70.6 Å². The molecule has 0 amide bonds. The second kappa shape index (κ2) is 7.22. The van der Waals surface area contributed by atoms with Gasteiger partial charge in [0.25, 0.3) is 0 Å². The first-order valence-electron chi connectivity index (χ1n) is 11.0. The van der Waals surface area contributed by atoms with Crippen molar-refractivity contribution in [1.82, 2.24) is 4.57 Å². The molecule has 0 saturated carbocycles. The minimum Gasteiger partial charge on any atom is -0.456 e. The molecule has 7 rings (SSSR count). The van der Waals surface area contributed by atoms with E-state index in [0.29, 0.717) is 0 Å². The minimum atomic E-state index is 0.922. The number of nitrogens with zero attached hydrogens (tertiary/aromatic N) is 1. The van der Waals surface area contributed by atoms with Gasteiger partial charge in [-0.15, -0.1) is 0 Å². The summed E-state index contributed by atoms with van der Waals surface area (Å²) in [6.45, 7) is 0. The van der Waals surface area contributed by atoms with Gasteiger partial charge in [0, 0.05) is 36.4 Å². The average molecular weight is 535 g/mol. The van der Waals surface area contributed by atoms with Crippen molar-refractivity contribution in [2.24, 2.45) is 0 Å². The maximum absolute atomic E-state index is 6.08. The van der Waals surface area contributed by atoms with E-state index in [9.17, 15) is 0 Å². The van der Waals surface area contributed by atoms with Crippen molar-refractivity contribution in [1.29, 1.82) is 0 Å². The van der Waals surface area contributed by atoms with Crippen LogP contribution in [0.15, 0.2) is 114 Å². The predicted octanol–water partition coefficient (Wildman–Crippen LogP) is 8.95. The summed E-state index contributed by atoms with van der Waals surface area (Å²) >= 11 is 2.47. The number of benzene rings is 5. The van der Waals surface area contributed by atoms with Gasteiger partial charge in [-0.2, -0.15) is 0 Å². The highest BCUT2D eigenvalue weighted by atomic mass is 127. The number of furan rings is 1. The molecule has 0 radical (unpaired) electrons. The zero-order valence-electron chi connectivity index (χ0n) is 17.6. The van der Waals surface area contributed by atoms with E-state index in [2.05, 4.69) is 124 Å². The van der Waals surface area contributed by atoms with Gasteiger partial charge in [0.1, 0.15) is 11.2 Å². The van der Waals surface area contributed by atoms with Crippen molar-refractivity contribution in [3.8, 4) is 16.8 Å². The normalized spacial score (nSPS) is 11.8. The van der Waals surface area contributed by atoms with Crippen molar-refractivity contribution in [3.05, 3.63) is 113 Å². The van der Waals surface area contributed by atoms with E-state index < -0.39 is 0 Å². The number of para-hydroxylation sites is 3. The maximum atomic E-state index is 6.08. The molecule has 156 valence electrons. The summed E-state index contributed by atoms with van der Waals surface area (Å²) < 4.78 is 9.74. The second-order valence-corrected chi connectivity index (χ2v) is 9.48. The molecule has 3 heteroatoms. The van der Waals surface area contributed by atoms with Crippen LogP contribution < -0.4 is 0 Å². The monoisotopic (exact) mass is 535 g/mol. The van der Waals surface area contributed by atoms with Crippen LogP contribution in [0.5, 0.6) is 0 Å². The zero-order chi connectivity index (χ0) is 21.9. The van der Waals surface area contributed by atoms with Gasteiger partial charge in [-0.1, -0.05) is 66.7 Å². The van der Waals surface area contributed by atoms with E-state index in [1.54, 1.807) is 0 Å². The Labute approximate surface area is 204 Å². The van der Waals surface area contributed by atoms with Gasteiger partial charge in [0.2, 0.25) is 0 Å². The lowest BCUT2D eigenvalue weighted by atomic mass is 10.00. The van der Waals surface area contributed by atoms with E-state index in [1.165, 1.54) is 42.2 Å². The molecule has 0 N–H and O–H groups in total. The van der Waals surface area contributed by atoms with Crippen LogP contribution in [0, 0.1) is 3.57 Å². The molecule has 0 bridgehead atoms. The highest BCUT2D eigenvalue weighted by molar-refractivity contribution is 14.1. The molecule has 2 nitrogen and oxygen atoms in total. The lowest BCUT2D eigenvalue weighted by Crippen LogP contribution is -1.95. The summed E-state index contributed by atoms with van der Waals surface area (Å²) in [7, 11) is 0. The molecule has 5 aromatic carbocycles. The van der Waals surface area contributed by atoms with E-state index >= 15 is 0 Å². The number of rotatable bonds is 2. The first-order valence-corrected chi connectivity index (χ1v) is 12.1. The van der Waals surface area contributed by atoms with Crippen molar-refractivity contribution in [3.63, 3.8) is 0 Å². The van der Waals surface area contributed by atoms with Gasteiger partial charge in [0.05, 0.1) is 11.0 Å². The van der Waals surface area contributed by atoms with Crippen molar-refractivity contribution >= 4 is 66.3 Å². The third kappa shape index (κ3) is 2.79. The highest BCUT2D eigenvalue weighted by Gasteiger charge is 2.19. The second-order valence-electron chi connectivity index (χ2n) is 8.32. The van der Waals surface area contributed by atoms with E-state index in [1.807, 2.05) is 12.1 Å². The van der Waals surface area contributed by atoms with Crippen LogP contribution in [0.3, 0.4) is 0 Å². The summed E-state index contributed by atoms with van der Waals surface area (Å²) in [6, 6.07) is 38.6.